The number of hydrogen-bond acceptors (Lipinski definition) is 4. The molecule has 2 atom stereocenters. The van der Waals surface area contributed by atoms with Gasteiger partial charge in [-0.2, -0.15) is 0 Å². The molecule has 4 heteroatoms. The summed E-state index contributed by atoms with van der Waals surface area (Å²) in [5.74, 6) is 2.25. The van der Waals surface area contributed by atoms with Crippen molar-refractivity contribution in [1.29, 1.82) is 0 Å². The summed E-state index contributed by atoms with van der Waals surface area (Å²) in [7, 11) is 0. The third kappa shape index (κ3) is 2.46. The molecule has 3 aromatic rings. The van der Waals surface area contributed by atoms with Crippen molar-refractivity contribution in [2.24, 2.45) is 0 Å². The molecule has 0 saturated carbocycles. The van der Waals surface area contributed by atoms with Crippen LogP contribution in [-0.4, -0.2) is 11.7 Å². The maximum absolute atomic E-state index is 10.4. The molecule has 130 valence electrons. The molecule has 0 radical (unpaired) electrons. The second-order valence-corrected chi connectivity index (χ2v) is 6.63. The standard InChI is InChI=1S/C22H18O4/c23-18-10-16-17-13-25-19-9-5-4-8-15(19)22(17)26-20(16)11-21(18)24-12-14-6-2-1-3-7-14/h1-11,17,22-23H,12-13H2/t17-,22-/m1/s1. The normalized spacial score (nSPS) is 19.5. The van der Waals surface area contributed by atoms with E-state index in [0.29, 0.717) is 19.0 Å². The largest absolute Gasteiger partial charge is 0.504 e. The number of ether oxygens (including phenoxy) is 3. The summed E-state index contributed by atoms with van der Waals surface area (Å²) in [4.78, 5) is 0. The number of phenolic OH excluding ortho intramolecular Hbond substituents is 1. The molecule has 26 heavy (non-hydrogen) atoms. The minimum Gasteiger partial charge on any atom is -0.504 e. The van der Waals surface area contributed by atoms with Crippen molar-refractivity contribution >= 4 is 0 Å². The highest BCUT2D eigenvalue weighted by Gasteiger charge is 2.41. The van der Waals surface area contributed by atoms with E-state index in [9.17, 15) is 5.11 Å². The molecule has 4 nitrogen and oxygen atoms in total. The average molecular weight is 346 g/mol. The third-order valence-electron chi connectivity index (χ3n) is 4.99. The van der Waals surface area contributed by atoms with Crippen LogP contribution in [0.2, 0.25) is 0 Å². The Morgan fingerprint density at radius 1 is 0.923 bits per heavy atom. The number of benzene rings is 3. The minimum absolute atomic E-state index is 0.0778. The molecular weight excluding hydrogens is 328 g/mol. The molecule has 1 N–H and O–H groups in total. The first-order chi connectivity index (χ1) is 12.8. The molecule has 5 rings (SSSR count). The SMILES string of the molecule is Oc1cc2c(cc1OCc1ccccc1)O[C@@H]1c3ccccc3OC[C@H]21. The van der Waals surface area contributed by atoms with Crippen molar-refractivity contribution in [3.63, 3.8) is 0 Å². The molecule has 0 unspecified atom stereocenters. The first kappa shape index (κ1) is 15.1. The second-order valence-electron chi connectivity index (χ2n) is 6.63. The lowest BCUT2D eigenvalue weighted by Gasteiger charge is -2.27. The number of aromatic hydroxyl groups is 1. The Morgan fingerprint density at radius 3 is 2.62 bits per heavy atom. The van der Waals surface area contributed by atoms with Crippen molar-refractivity contribution in [1.82, 2.24) is 0 Å². The molecule has 0 aromatic heterocycles. The number of hydrogen-bond donors (Lipinski definition) is 1. The first-order valence-electron chi connectivity index (χ1n) is 8.71. The van der Waals surface area contributed by atoms with E-state index < -0.39 is 0 Å². The van der Waals surface area contributed by atoms with Gasteiger partial charge in [0.15, 0.2) is 11.5 Å². The van der Waals surface area contributed by atoms with Gasteiger partial charge >= 0.3 is 0 Å². The molecule has 2 aliphatic rings. The summed E-state index contributed by atoms with van der Waals surface area (Å²) in [6.45, 7) is 0.935. The predicted molar refractivity (Wildman–Crippen MR) is 96.9 cm³/mol. The van der Waals surface area contributed by atoms with E-state index in [4.69, 9.17) is 14.2 Å². The van der Waals surface area contributed by atoms with E-state index in [1.54, 1.807) is 12.1 Å². The lowest BCUT2D eigenvalue weighted by Crippen LogP contribution is -2.22. The lowest BCUT2D eigenvalue weighted by atomic mass is 9.89. The molecule has 2 heterocycles. The van der Waals surface area contributed by atoms with Gasteiger partial charge in [-0.05, 0) is 17.7 Å². The Hall–Kier alpha value is -3.14. The fourth-order valence-electron chi connectivity index (χ4n) is 3.67. The van der Waals surface area contributed by atoms with Crippen LogP contribution in [0.4, 0.5) is 0 Å². The van der Waals surface area contributed by atoms with Crippen LogP contribution in [-0.2, 0) is 6.61 Å². The van der Waals surface area contributed by atoms with E-state index in [2.05, 4.69) is 0 Å². The molecule has 0 amide bonds. The predicted octanol–water partition coefficient (Wildman–Crippen LogP) is 4.58. The van der Waals surface area contributed by atoms with Gasteiger partial charge in [-0.1, -0.05) is 48.5 Å². The van der Waals surface area contributed by atoms with Gasteiger partial charge in [-0.3, -0.25) is 0 Å². The highest BCUT2D eigenvalue weighted by atomic mass is 16.5. The van der Waals surface area contributed by atoms with Gasteiger partial charge in [0.1, 0.15) is 24.2 Å². The van der Waals surface area contributed by atoms with Crippen LogP contribution in [0.25, 0.3) is 0 Å². The maximum atomic E-state index is 10.4. The number of fused-ring (bicyclic) bond motifs is 5. The summed E-state index contributed by atoms with van der Waals surface area (Å²) < 4.78 is 17.9. The first-order valence-corrected chi connectivity index (χ1v) is 8.71. The summed E-state index contributed by atoms with van der Waals surface area (Å²) >= 11 is 0. The van der Waals surface area contributed by atoms with E-state index in [0.717, 1.165) is 28.2 Å². The summed E-state index contributed by atoms with van der Waals surface area (Å²) in [6.07, 6.45) is -0.0845. The van der Waals surface area contributed by atoms with Crippen molar-refractivity contribution in [3.8, 4) is 23.0 Å². The fraction of sp³-hybridized carbons (Fsp3) is 0.182. The van der Waals surface area contributed by atoms with Crippen LogP contribution in [0, 0.1) is 0 Å². The third-order valence-corrected chi connectivity index (χ3v) is 4.99. The summed E-state index contributed by atoms with van der Waals surface area (Å²) in [5.41, 5.74) is 3.06. The molecule has 0 fully saturated rings. The van der Waals surface area contributed by atoms with Crippen LogP contribution < -0.4 is 14.2 Å². The van der Waals surface area contributed by atoms with Crippen LogP contribution in [0.1, 0.15) is 28.7 Å². The van der Waals surface area contributed by atoms with Gasteiger partial charge in [-0.15, -0.1) is 0 Å². The quantitative estimate of drug-likeness (QED) is 0.754. The maximum Gasteiger partial charge on any atom is 0.165 e. The van der Waals surface area contributed by atoms with Gasteiger partial charge in [0.05, 0.1) is 12.5 Å². The monoisotopic (exact) mass is 346 g/mol. The minimum atomic E-state index is -0.0845. The van der Waals surface area contributed by atoms with E-state index in [1.807, 2.05) is 54.6 Å². The molecular formula is C22H18O4. The van der Waals surface area contributed by atoms with Crippen LogP contribution in [0.5, 0.6) is 23.0 Å². The van der Waals surface area contributed by atoms with Crippen molar-refractivity contribution in [3.05, 3.63) is 83.4 Å². The molecule has 0 aliphatic carbocycles. The number of phenols is 1. The second kappa shape index (κ2) is 5.99. The molecule has 0 bridgehead atoms. The van der Waals surface area contributed by atoms with Gasteiger partial charge in [0, 0.05) is 17.2 Å². The Morgan fingerprint density at radius 2 is 1.73 bits per heavy atom. The highest BCUT2D eigenvalue weighted by Crippen LogP contribution is 2.53. The van der Waals surface area contributed by atoms with Gasteiger partial charge in [-0.25, -0.2) is 0 Å². The Kier molecular flexibility index (Phi) is 3.49. The van der Waals surface area contributed by atoms with Crippen molar-refractivity contribution in [2.45, 2.75) is 18.6 Å². The van der Waals surface area contributed by atoms with Crippen LogP contribution in [0.3, 0.4) is 0 Å². The van der Waals surface area contributed by atoms with Crippen molar-refractivity contribution in [2.75, 3.05) is 6.61 Å². The topological polar surface area (TPSA) is 47.9 Å². The molecule has 2 aliphatic heterocycles. The highest BCUT2D eigenvalue weighted by molar-refractivity contribution is 5.56. The van der Waals surface area contributed by atoms with Gasteiger partial charge in [0.25, 0.3) is 0 Å². The van der Waals surface area contributed by atoms with Crippen molar-refractivity contribution < 1.29 is 19.3 Å². The Labute approximate surface area is 151 Å². The Balaban J connectivity index is 1.43. The van der Waals surface area contributed by atoms with Gasteiger partial charge in [0.2, 0.25) is 0 Å². The molecule has 0 saturated heterocycles. The van der Waals surface area contributed by atoms with Crippen LogP contribution >= 0.6 is 0 Å². The van der Waals surface area contributed by atoms with Crippen LogP contribution in [0.15, 0.2) is 66.7 Å². The van der Waals surface area contributed by atoms with E-state index in [1.165, 1.54) is 0 Å². The average Bonchev–Trinajstić information content (AvgIpc) is 3.05. The zero-order valence-electron chi connectivity index (χ0n) is 14.1. The van der Waals surface area contributed by atoms with E-state index in [-0.39, 0.29) is 17.8 Å². The summed E-state index contributed by atoms with van der Waals surface area (Å²) in [5, 5.41) is 10.4. The summed E-state index contributed by atoms with van der Waals surface area (Å²) in [6, 6.07) is 21.4. The zero-order chi connectivity index (χ0) is 17.5. The number of para-hydroxylation sites is 1. The zero-order valence-corrected chi connectivity index (χ0v) is 14.1. The van der Waals surface area contributed by atoms with Gasteiger partial charge < -0.3 is 19.3 Å². The molecule has 3 aromatic carbocycles. The molecule has 0 spiro atoms. The number of rotatable bonds is 3. The lowest BCUT2D eigenvalue weighted by molar-refractivity contribution is 0.139. The smallest absolute Gasteiger partial charge is 0.165 e. The Bertz CT molecular complexity index is 952. The fourth-order valence-corrected chi connectivity index (χ4v) is 3.67. The van der Waals surface area contributed by atoms with E-state index >= 15 is 0 Å².